The number of nitrogens with one attached hydrogen (secondary N) is 1. The number of anilines is 1. The highest BCUT2D eigenvalue weighted by Crippen LogP contribution is 2.40. The lowest BCUT2D eigenvalue weighted by Gasteiger charge is -2.16. The zero-order valence-electron chi connectivity index (χ0n) is 16.6. The second-order valence-corrected chi connectivity index (χ2v) is 7.73. The number of nitrogens with zero attached hydrogens (tertiary/aromatic N) is 1. The Bertz CT molecular complexity index is 1030. The van der Waals surface area contributed by atoms with Crippen LogP contribution in [0.3, 0.4) is 0 Å². The molecule has 7 nitrogen and oxygen atoms in total. The number of hydrogen-bond donors (Lipinski definition) is 1. The lowest BCUT2D eigenvalue weighted by Crippen LogP contribution is -2.31. The van der Waals surface area contributed by atoms with Crippen LogP contribution in [0, 0.1) is 6.92 Å². The number of imide groups is 1. The van der Waals surface area contributed by atoms with Crippen molar-refractivity contribution in [3.05, 3.63) is 53.1 Å². The minimum absolute atomic E-state index is 0.187. The molecule has 0 atom stereocenters. The molecule has 0 bridgehead atoms. The van der Waals surface area contributed by atoms with Crippen molar-refractivity contribution in [2.75, 3.05) is 11.9 Å². The highest BCUT2D eigenvalue weighted by Gasteiger charge is 2.35. The Morgan fingerprint density at radius 3 is 2.52 bits per heavy atom. The summed E-state index contributed by atoms with van der Waals surface area (Å²) in [5, 5.41) is 2.81. The summed E-state index contributed by atoms with van der Waals surface area (Å²) >= 11 is 0. The van der Waals surface area contributed by atoms with Crippen LogP contribution in [0.25, 0.3) is 0 Å². The Morgan fingerprint density at radius 2 is 1.72 bits per heavy atom. The van der Waals surface area contributed by atoms with Gasteiger partial charge in [0.2, 0.25) is 11.7 Å². The molecular formula is C22H22N2O5. The standard InChI is InChI=1S/C22H22N2O5/c1-13-6-8-15-16(11-13)21(27)24(20(15)26)10-4-5-19(25)23-14-7-9-17-18(12-14)29-22(2,3)28-17/h6-9,11-12H,4-5,10H2,1-3H3,(H,23,25). The topological polar surface area (TPSA) is 84.9 Å². The molecule has 0 saturated heterocycles. The third-order valence-electron chi connectivity index (χ3n) is 4.85. The quantitative estimate of drug-likeness (QED) is 0.785. The monoisotopic (exact) mass is 394 g/mol. The first-order valence-electron chi connectivity index (χ1n) is 9.52. The number of benzene rings is 2. The van der Waals surface area contributed by atoms with E-state index in [4.69, 9.17) is 9.47 Å². The number of ether oxygens (including phenoxy) is 2. The van der Waals surface area contributed by atoms with Crippen molar-refractivity contribution in [2.45, 2.75) is 39.4 Å². The maximum absolute atomic E-state index is 12.5. The number of carbonyl (C=O) groups is 3. The average Bonchev–Trinajstić information content (AvgIpc) is 3.08. The minimum Gasteiger partial charge on any atom is -0.449 e. The normalized spacial score (nSPS) is 16.2. The van der Waals surface area contributed by atoms with Gasteiger partial charge in [0.15, 0.2) is 11.5 Å². The van der Waals surface area contributed by atoms with Gasteiger partial charge in [-0.05, 0) is 37.6 Å². The van der Waals surface area contributed by atoms with Crippen LogP contribution in [0.1, 0.15) is 53.0 Å². The minimum atomic E-state index is -0.726. The van der Waals surface area contributed by atoms with E-state index in [-0.39, 0.29) is 30.7 Å². The summed E-state index contributed by atoms with van der Waals surface area (Å²) in [5.41, 5.74) is 2.39. The fourth-order valence-corrected chi connectivity index (χ4v) is 3.53. The first-order chi connectivity index (χ1) is 13.7. The van der Waals surface area contributed by atoms with Gasteiger partial charge >= 0.3 is 0 Å². The molecule has 2 aromatic rings. The van der Waals surface area contributed by atoms with Crippen molar-refractivity contribution in [3.8, 4) is 11.5 Å². The summed E-state index contributed by atoms with van der Waals surface area (Å²) in [6.07, 6.45) is 0.570. The van der Waals surface area contributed by atoms with E-state index in [2.05, 4.69) is 5.32 Å². The Kier molecular flexibility index (Phi) is 4.53. The van der Waals surface area contributed by atoms with E-state index in [1.165, 1.54) is 4.90 Å². The smallest absolute Gasteiger partial charge is 0.261 e. The van der Waals surface area contributed by atoms with Gasteiger partial charge in [0, 0.05) is 38.6 Å². The van der Waals surface area contributed by atoms with Crippen molar-refractivity contribution in [2.24, 2.45) is 0 Å². The molecule has 2 aliphatic heterocycles. The molecule has 0 spiro atoms. The summed E-state index contributed by atoms with van der Waals surface area (Å²) in [6.45, 7) is 5.70. The summed E-state index contributed by atoms with van der Waals surface area (Å²) in [7, 11) is 0. The summed E-state index contributed by atoms with van der Waals surface area (Å²) < 4.78 is 11.3. The average molecular weight is 394 g/mol. The Morgan fingerprint density at radius 1 is 1.00 bits per heavy atom. The van der Waals surface area contributed by atoms with Crippen LogP contribution in [0.5, 0.6) is 11.5 Å². The van der Waals surface area contributed by atoms with Crippen LogP contribution in [-0.2, 0) is 4.79 Å². The summed E-state index contributed by atoms with van der Waals surface area (Å²) in [4.78, 5) is 38.4. The van der Waals surface area contributed by atoms with Crippen molar-refractivity contribution in [1.29, 1.82) is 0 Å². The number of amides is 3. The third kappa shape index (κ3) is 3.68. The number of fused-ring (bicyclic) bond motifs is 2. The van der Waals surface area contributed by atoms with Crippen LogP contribution in [0.4, 0.5) is 5.69 Å². The van der Waals surface area contributed by atoms with Crippen LogP contribution < -0.4 is 14.8 Å². The number of carbonyl (C=O) groups excluding carboxylic acids is 3. The van der Waals surface area contributed by atoms with E-state index in [0.717, 1.165) is 5.56 Å². The molecular weight excluding hydrogens is 372 g/mol. The van der Waals surface area contributed by atoms with E-state index in [1.54, 1.807) is 30.3 Å². The third-order valence-corrected chi connectivity index (χ3v) is 4.85. The fraction of sp³-hybridized carbons (Fsp3) is 0.318. The van der Waals surface area contributed by atoms with Crippen LogP contribution in [0.2, 0.25) is 0 Å². The maximum atomic E-state index is 12.5. The van der Waals surface area contributed by atoms with Crippen molar-refractivity contribution >= 4 is 23.4 Å². The van der Waals surface area contributed by atoms with Gasteiger partial charge in [-0.1, -0.05) is 11.6 Å². The van der Waals surface area contributed by atoms with Crippen molar-refractivity contribution in [3.63, 3.8) is 0 Å². The van der Waals surface area contributed by atoms with Gasteiger partial charge < -0.3 is 14.8 Å². The van der Waals surface area contributed by atoms with E-state index in [9.17, 15) is 14.4 Å². The van der Waals surface area contributed by atoms with Gasteiger partial charge in [0.1, 0.15) is 0 Å². The molecule has 4 rings (SSSR count). The highest BCUT2D eigenvalue weighted by molar-refractivity contribution is 6.21. The molecule has 7 heteroatoms. The molecule has 0 fully saturated rings. The Balaban J connectivity index is 1.31. The molecule has 2 heterocycles. The summed E-state index contributed by atoms with van der Waals surface area (Å²) in [6, 6.07) is 10.4. The van der Waals surface area contributed by atoms with E-state index < -0.39 is 5.79 Å². The predicted octanol–water partition coefficient (Wildman–Crippen LogP) is 3.52. The first kappa shape index (κ1) is 19.0. The van der Waals surface area contributed by atoms with Crippen molar-refractivity contribution < 1.29 is 23.9 Å². The van der Waals surface area contributed by atoms with Gasteiger partial charge in [-0.25, -0.2) is 0 Å². The molecule has 0 saturated carbocycles. The molecule has 0 radical (unpaired) electrons. The predicted molar refractivity (Wildman–Crippen MR) is 106 cm³/mol. The summed E-state index contributed by atoms with van der Waals surface area (Å²) in [5.74, 6) is -0.314. The van der Waals surface area contributed by atoms with Crippen molar-refractivity contribution in [1.82, 2.24) is 4.90 Å². The zero-order valence-corrected chi connectivity index (χ0v) is 16.6. The number of rotatable bonds is 5. The molecule has 0 unspecified atom stereocenters. The highest BCUT2D eigenvalue weighted by atomic mass is 16.7. The molecule has 0 aliphatic carbocycles. The lowest BCUT2D eigenvalue weighted by atomic mass is 10.1. The van der Waals surface area contributed by atoms with Gasteiger partial charge in [-0.3, -0.25) is 19.3 Å². The van der Waals surface area contributed by atoms with Crippen LogP contribution in [-0.4, -0.2) is 35.0 Å². The molecule has 29 heavy (non-hydrogen) atoms. The molecule has 2 aliphatic rings. The SMILES string of the molecule is Cc1ccc2c(c1)C(=O)N(CCCC(=O)Nc1ccc3c(c1)OC(C)(C)O3)C2=O. The second kappa shape index (κ2) is 6.92. The molecule has 0 aromatic heterocycles. The first-order valence-corrected chi connectivity index (χ1v) is 9.52. The number of hydrogen-bond acceptors (Lipinski definition) is 5. The van der Waals surface area contributed by atoms with E-state index >= 15 is 0 Å². The fourth-order valence-electron chi connectivity index (χ4n) is 3.53. The second-order valence-electron chi connectivity index (χ2n) is 7.73. The lowest BCUT2D eigenvalue weighted by molar-refractivity contribution is -0.116. The van der Waals surface area contributed by atoms with Gasteiger partial charge in [0.25, 0.3) is 11.8 Å². The maximum Gasteiger partial charge on any atom is 0.261 e. The molecule has 150 valence electrons. The zero-order chi connectivity index (χ0) is 20.8. The van der Waals surface area contributed by atoms with Gasteiger partial charge in [0.05, 0.1) is 11.1 Å². The largest absolute Gasteiger partial charge is 0.449 e. The number of aryl methyl sites for hydroxylation is 1. The molecule has 3 amide bonds. The van der Waals surface area contributed by atoms with Crippen LogP contribution >= 0.6 is 0 Å². The molecule has 1 N–H and O–H groups in total. The Hall–Kier alpha value is -3.35. The van der Waals surface area contributed by atoms with Gasteiger partial charge in [-0.2, -0.15) is 0 Å². The van der Waals surface area contributed by atoms with Crippen LogP contribution in [0.15, 0.2) is 36.4 Å². The van der Waals surface area contributed by atoms with E-state index in [0.29, 0.717) is 34.7 Å². The Labute approximate surface area is 168 Å². The van der Waals surface area contributed by atoms with E-state index in [1.807, 2.05) is 26.8 Å². The molecule has 2 aromatic carbocycles. The van der Waals surface area contributed by atoms with Gasteiger partial charge in [-0.15, -0.1) is 0 Å².